The van der Waals surface area contributed by atoms with Gasteiger partial charge in [0.1, 0.15) is 12.4 Å². The second-order valence-corrected chi connectivity index (χ2v) is 5.63. The van der Waals surface area contributed by atoms with E-state index in [1.54, 1.807) is 0 Å². The molecule has 0 aliphatic rings. The molecule has 1 aromatic carbocycles. The van der Waals surface area contributed by atoms with Crippen molar-refractivity contribution in [1.82, 2.24) is 20.2 Å². The van der Waals surface area contributed by atoms with Gasteiger partial charge in [-0.25, -0.2) is 9.98 Å². The Morgan fingerprint density at radius 3 is 2.80 bits per heavy atom. The number of hydrogen-bond donors (Lipinski definition) is 2. The van der Waals surface area contributed by atoms with Crippen LogP contribution < -0.4 is 10.6 Å². The zero-order chi connectivity index (χ0) is 17.7. The lowest BCUT2D eigenvalue weighted by Crippen LogP contribution is -2.38. The predicted molar refractivity (Wildman–Crippen MR) is 102 cm³/mol. The number of hydrogen-bond acceptors (Lipinski definition) is 3. The van der Waals surface area contributed by atoms with E-state index in [1.165, 1.54) is 5.56 Å². The van der Waals surface area contributed by atoms with Crippen molar-refractivity contribution < 1.29 is 4.74 Å². The Morgan fingerprint density at radius 2 is 2.04 bits per heavy atom. The van der Waals surface area contributed by atoms with E-state index >= 15 is 0 Å². The quantitative estimate of drug-likeness (QED) is 0.395. The number of nitrogens with zero attached hydrogens (tertiary/aromatic N) is 3. The molecule has 1 heterocycles. The van der Waals surface area contributed by atoms with E-state index in [2.05, 4.69) is 56.4 Å². The molecular weight excluding hydrogens is 314 g/mol. The third-order valence-corrected chi connectivity index (χ3v) is 3.68. The van der Waals surface area contributed by atoms with Gasteiger partial charge in [-0.3, -0.25) is 0 Å². The van der Waals surface area contributed by atoms with Gasteiger partial charge in [0, 0.05) is 45.2 Å². The van der Waals surface area contributed by atoms with E-state index in [0.717, 1.165) is 51.1 Å². The van der Waals surface area contributed by atoms with Crippen molar-refractivity contribution in [3.63, 3.8) is 0 Å². The van der Waals surface area contributed by atoms with Gasteiger partial charge in [-0.1, -0.05) is 30.3 Å². The fourth-order valence-electron chi connectivity index (χ4n) is 2.43. The minimum atomic E-state index is 0.542. The first kappa shape index (κ1) is 19.0. The minimum absolute atomic E-state index is 0.542. The van der Waals surface area contributed by atoms with Gasteiger partial charge in [-0.2, -0.15) is 0 Å². The number of guanidine groups is 1. The maximum atomic E-state index is 5.35. The zero-order valence-corrected chi connectivity index (χ0v) is 15.2. The second kappa shape index (κ2) is 11.3. The maximum absolute atomic E-state index is 5.35. The molecule has 2 aromatic rings. The van der Waals surface area contributed by atoms with Crippen LogP contribution in [0.15, 0.2) is 47.7 Å². The van der Waals surface area contributed by atoms with Gasteiger partial charge in [-0.05, 0) is 25.8 Å². The molecule has 0 aliphatic carbocycles. The normalized spacial score (nSPS) is 11.5. The smallest absolute Gasteiger partial charge is 0.191 e. The average Bonchev–Trinajstić information content (AvgIpc) is 3.07. The third-order valence-electron chi connectivity index (χ3n) is 3.68. The standard InChI is InChI=1S/C19H29N5O/c1-3-20-19(22-11-8-14-25-4-2)23-15-18-21-12-13-24(18)16-17-9-6-5-7-10-17/h5-7,9-10,12-13H,3-4,8,11,14-16H2,1-2H3,(H2,20,22,23). The van der Waals surface area contributed by atoms with Crippen LogP contribution in [0.3, 0.4) is 0 Å². The Balaban J connectivity index is 1.90. The largest absolute Gasteiger partial charge is 0.382 e. The summed E-state index contributed by atoms with van der Waals surface area (Å²) in [7, 11) is 0. The number of aromatic nitrogens is 2. The van der Waals surface area contributed by atoms with Crippen molar-refractivity contribution in [2.45, 2.75) is 33.4 Å². The molecule has 0 fully saturated rings. The van der Waals surface area contributed by atoms with E-state index in [4.69, 9.17) is 4.74 Å². The van der Waals surface area contributed by atoms with Gasteiger partial charge in [0.25, 0.3) is 0 Å². The maximum Gasteiger partial charge on any atom is 0.191 e. The number of benzene rings is 1. The second-order valence-electron chi connectivity index (χ2n) is 5.63. The molecule has 0 spiro atoms. The lowest BCUT2D eigenvalue weighted by atomic mass is 10.2. The monoisotopic (exact) mass is 343 g/mol. The number of nitrogens with one attached hydrogen (secondary N) is 2. The minimum Gasteiger partial charge on any atom is -0.382 e. The van der Waals surface area contributed by atoms with Crippen LogP contribution in [-0.2, 0) is 17.8 Å². The summed E-state index contributed by atoms with van der Waals surface area (Å²) >= 11 is 0. The summed E-state index contributed by atoms with van der Waals surface area (Å²) in [5.74, 6) is 1.77. The average molecular weight is 343 g/mol. The van der Waals surface area contributed by atoms with Crippen molar-refractivity contribution in [2.24, 2.45) is 4.99 Å². The van der Waals surface area contributed by atoms with Crippen LogP contribution in [0, 0.1) is 0 Å². The molecular formula is C19H29N5O. The highest BCUT2D eigenvalue weighted by atomic mass is 16.5. The molecule has 136 valence electrons. The SMILES string of the molecule is CCNC(=NCc1nccn1Cc1ccccc1)NCCCOCC. The highest BCUT2D eigenvalue weighted by Gasteiger charge is 2.04. The van der Waals surface area contributed by atoms with Crippen molar-refractivity contribution in [3.8, 4) is 0 Å². The van der Waals surface area contributed by atoms with Crippen LogP contribution in [0.5, 0.6) is 0 Å². The summed E-state index contributed by atoms with van der Waals surface area (Å²) in [5, 5.41) is 6.60. The van der Waals surface area contributed by atoms with Crippen molar-refractivity contribution in [3.05, 3.63) is 54.1 Å². The van der Waals surface area contributed by atoms with E-state index in [1.807, 2.05) is 25.4 Å². The van der Waals surface area contributed by atoms with Crippen LogP contribution >= 0.6 is 0 Å². The molecule has 2 rings (SSSR count). The summed E-state index contributed by atoms with van der Waals surface area (Å²) in [6, 6.07) is 10.4. The molecule has 0 bridgehead atoms. The zero-order valence-electron chi connectivity index (χ0n) is 15.2. The van der Waals surface area contributed by atoms with Gasteiger partial charge < -0.3 is 19.9 Å². The van der Waals surface area contributed by atoms with Gasteiger partial charge in [0.05, 0.1) is 0 Å². The lowest BCUT2D eigenvalue weighted by Gasteiger charge is -2.12. The summed E-state index contributed by atoms with van der Waals surface area (Å²) in [5.41, 5.74) is 1.26. The molecule has 6 nitrogen and oxygen atoms in total. The highest BCUT2D eigenvalue weighted by molar-refractivity contribution is 5.79. The molecule has 0 atom stereocenters. The number of aliphatic imine (C=N–C) groups is 1. The van der Waals surface area contributed by atoms with Crippen LogP contribution in [0.1, 0.15) is 31.7 Å². The van der Waals surface area contributed by atoms with Crippen LogP contribution in [0.4, 0.5) is 0 Å². The first-order valence-electron chi connectivity index (χ1n) is 8.97. The molecule has 2 N–H and O–H groups in total. The molecule has 6 heteroatoms. The molecule has 0 aliphatic heterocycles. The number of ether oxygens (including phenoxy) is 1. The Kier molecular flexibility index (Phi) is 8.55. The fourth-order valence-corrected chi connectivity index (χ4v) is 2.43. The predicted octanol–water partition coefficient (Wildman–Crippen LogP) is 2.41. The molecule has 0 saturated carbocycles. The topological polar surface area (TPSA) is 63.5 Å². The fraction of sp³-hybridized carbons (Fsp3) is 0.474. The van der Waals surface area contributed by atoms with Gasteiger partial charge in [0.2, 0.25) is 0 Å². The van der Waals surface area contributed by atoms with Crippen LogP contribution in [0.25, 0.3) is 0 Å². The molecule has 0 radical (unpaired) electrons. The molecule has 25 heavy (non-hydrogen) atoms. The van der Waals surface area contributed by atoms with Crippen LogP contribution in [-0.4, -0.2) is 41.8 Å². The molecule has 0 saturated heterocycles. The highest BCUT2D eigenvalue weighted by Crippen LogP contribution is 2.06. The van der Waals surface area contributed by atoms with Gasteiger partial charge >= 0.3 is 0 Å². The molecule has 0 unspecified atom stereocenters. The number of rotatable bonds is 10. The van der Waals surface area contributed by atoms with E-state index in [-0.39, 0.29) is 0 Å². The molecule has 0 amide bonds. The summed E-state index contributed by atoms with van der Waals surface area (Å²) in [6.07, 6.45) is 4.79. The number of imidazole rings is 1. The van der Waals surface area contributed by atoms with Crippen molar-refractivity contribution in [1.29, 1.82) is 0 Å². The molecule has 1 aromatic heterocycles. The first-order chi connectivity index (χ1) is 12.3. The van der Waals surface area contributed by atoms with E-state index in [9.17, 15) is 0 Å². The first-order valence-corrected chi connectivity index (χ1v) is 8.97. The van der Waals surface area contributed by atoms with Crippen molar-refractivity contribution in [2.75, 3.05) is 26.3 Å². The summed E-state index contributed by atoms with van der Waals surface area (Å²) < 4.78 is 7.49. The Hall–Kier alpha value is -2.34. The lowest BCUT2D eigenvalue weighted by molar-refractivity contribution is 0.145. The Morgan fingerprint density at radius 1 is 1.20 bits per heavy atom. The summed E-state index contributed by atoms with van der Waals surface area (Å²) in [6.45, 7) is 8.62. The van der Waals surface area contributed by atoms with Crippen molar-refractivity contribution >= 4 is 5.96 Å². The van der Waals surface area contributed by atoms with E-state index < -0.39 is 0 Å². The Labute approximate surface area is 150 Å². The van der Waals surface area contributed by atoms with Gasteiger partial charge in [-0.15, -0.1) is 0 Å². The van der Waals surface area contributed by atoms with E-state index in [0.29, 0.717) is 6.54 Å². The van der Waals surface area contributed by atoms with Gasteiger partial charge in [0.15, 0.2) is 5.96 Å². The summed E-state index contributed by atoms with van der Waals surface area (Å²) in [4.78, 5) is 9.09. The Bertz CT molecular complexity index is 624. The van der Waals surface area contributed by atoms with Crippen LogP contribution in [0.2, 0.25) is 0 Å². The third kappa shape index (κ3) is 6.97.